The van der Waals surface area contributed by atoms with Gasteiger partial charge in [0.25, 0.3) is 5.91 Å². The fourth-order valence-electron chi connectivity index (χ4n) is 4.50. The van der Waals surface area contributed by atoms with Gasteiger partial charge in [-0.3, -0.25) is 9.78 Å². The van der Waals surface area contributed by atoms with E-state index in [1.807, 2.05) is 0 Å². The number of hydrogen-bond donors (Lipinski definition) is 3. The zero-order valence-corrected chi connectivity index (χ0v) is 17.9. The van der Waals surface area contributed by atoms with Gasteiger partial charge in [-0.1, -0.05) is 6.92 Å². The number of carbonyl (C=O) groups is 1. The van der Waals surface area contributed by atoms with Gasteiger partial charge in [0.1, 0.15) is 17.4 Å². The summed E-state index contributed by atoms with van der Waals surface area (Å²) < 4.78 is 43.0. The number of nitrogens with two attached hydrogens (primary N) is 1. The van der Waals surface area contributed by atoms with Crippen LogP contribution in [0.1, 0.15) is 48.2 Å². The Morgan fingerprint density at radius 3 is 2.52 bits per heavy atom. The molecule has 0 bridgehead atoms. The molecule has 0 spiro atoms. The van der Waals surface area contributed by atoms with Gasteiger partial charge < -0.3 is 16.2 Å². The molecular weight excluding hydrogens is 433 g/mol. The normalized spacial score (nSPS) is 20.5. The predicted molar refractivity (Wildman–Crippen MR) is 117 cm³/mol. The molecule has 4 rings (SSSR count). The van der Waals surface area contributed by atoms with Crippen LogP contribution in [0.15, 0.2) is 42.7 Å². The number of nitrogens with one attached hydrogen (secondary N) is 1. The van der Waals surface area contributed by atoms with Crippen molar-refractivity contribution in [2.75, 3.05) is 5.32 Å². The molecule has 33 heavy (non-hydrogen) atoms. The molecule has 0 aliphatic heterocycles. The molecule has 6 nitrogen and oxygen atoms in total. The number of amides is 1. The lowest BCUT2D eigenvalue weighted by Gasteiger charge is -2.32. The molecule has 3 aromatic rings. The van der Waals surface area contributed by atoms with Crippen molar-refractivity contribution in [1.82, 2.24) is 9.97 Å². The topological polar surface area (TPSA) is 101 Å². The minimum Gasteiger partial charge on any atom is -0.508 e. The maximum atomic E-state index is 14.5. The fourth-order valence-corrected chi connectivity index (χ4v) is 4.50. The van der Waals surface area contributed by atoms with E-state index in [1.54, 1.807) is 12.3 Å². The molecular formula is C24H23F3N4O2. The van der Waals surface area contributed by atoms with Gasteiger partial charge in [-0.05, 0) is 54.9 Å². The van der Waals surface area contributed by atoms with Gasteiger partial charge in [0, 0.05) is 24.4 Å². The van der Waals surface area contributed by atoms with Gasteiger partial charge in [-0.25, -0.2) is 18.2 Å². The predicted octanol–water partition coefficient (Wildman–Crippen LogP) is 4.75. The number of phenols is 1. The van der Waals surface area contributed by atoms with Crippen molar-refractivity contribution in [3.63, 3.8) is 0 Å². The molecule has 172 valence electrons. The lowest BCUT2D eigenvalue weighted by molar-refractivity contribution is 0.101. The number of aromatic nitrogens is 2. The largest absolute Gasteiger partial charge is 0.508 e. The Labute approximate surface area is 188 Å². The third-order valence-corrected chi connectivity index (χ3v) is 5.87. The van der Waals surface area contributed by atoms with Gasteiger partial charge >= 0.3 is 0 Å². The van der Waals surface area contributed by atoms with Crippen molar-refractivity contribution in [2.45, 2.75) is 38.1 Å². The van der Waals surface area contributed by atoms with Crippen LogP contribution in [-0.2, 0) is 0 Å². The maximum Gasteiger partial charge on any atom is 0.277 e. The van der Waals surface area contributed by atoms with Crippen LogP contribution < -0.4 is 11.1 Å². The van der Waals surface area contributed by atoms with E-state index in [9.17, 15) is 23.1 Å². The lowest BCUT2D eigenvalue weighted by atomic mass is 9.76. The average molecular weight is 456 g/mol. The first kappa shape index (κ1) is 22.7. The van der Waals surface area contributed by atoms with E-state index in [2.05, 4.69) is 22.2 Å². The first-order valence-corrected chi connectivity index (χ1v) is 10.6. The molecule has 1 aromatic carbocycles. The van der Waals surface area contributed by atoms with Crippen LogP contribution in [0, 0.1) is 23.4 Å². The molecule has 1 saturated carbocycles. The zero-order valence-electron chi connectivity index (χ0n) is 17.9. The molecule has 0 saturated heterocycles. The number of anilines is 1. The summed E-state index contributed by atoms with van der Waals surface area (Å²) in [6, 6.07) is 5.23. The van der Waals surface area contributed by atoms with Crippen LogP contribution in [0.25, 0.3) is 11.3 Å². The number of benzene rings is 1. The SMILES string of the molecule is C[C@@H]1C[C@H](N)C[C@H](c2ccncc2NC(=O)c2nc(-c3c(F)cc(O)cc3F)ccc2F)C1. The molecule has 1 aliphatic rings. The standard InChI is InChI=1S/C24H23F3N4O2/c1-12-6-13(8-14(28)7-12)16-4-5-29-11-21(16)31-24(33)23-17(25)2-3-20(30-23)22-18(26)9-15(32)10-19(22)27/h2-5,9-14,32H,6-8,28H2,1H3,(H,31,33)/t12-,13+,14-/m0/s1. The van der Waals surface area contributed by atoms with E-state index in [4.69, 9.17) is 5.73 Å². The van der Waals surface area contributed by atoms with Crippen molar-refractivity contribution < 1.29 is 23.1 Å². The van der Waals surface area contributed by atoms with E-state index in [0.29, 0.717) is 23.7 Å². The van der Waals surface area contributed by atoms with Crippen molar-refractivity contribution >= 4 is 11.6 Å². The highest BCUT2D eigenvalue weighted by Crippen LogP contribution is 2.38. The van der Waals surface area contributed by atoms with E-state index < -0.39 is 40.4 Å². The second-order valence-corrected chi connectivity index (χ2v) is 8.50. The highest BCUT2D eigenvalue weighted by atomic mass is 19.1. The number of phenolic OH excluding ortho intramolecular Hbond substituents is 1. The molecule has 2 aromatic heterocycles. The first-order valence-electron chi connectivity index (χ1n) is 10.6. The molecule has 1 aliphatic carbocycles. The van der Waals surface area contributed by atoms with Crippen molar-refractivity contribution in [1.29, 1.82) is 0 Å². The molecule has 1 amide bonds. The minimum absolute atomic E-state index is 0.0429. The number of pyridine rings is 2. The third kappa shape index (κ3) is 4.83. The zero-order chi connectivity index (χ0) is 23.7. The highest BCUT2D eigenvalue weighted by molar-refractivity contribution is 6.03. The summed E-state index contributed by atoms with van der Waals surface area (Å²) in [5, 5.41) is 12.0. The second kappa shape index (κ2) is 9.19. The van der Waals surface area contributed by atoms with Crippen molar-refractivity contribution in [3.8, 4) is 17.0 Å². The Morgan fingerprint density at radius 1 is 1.09 bits per heavy atom. The lowest BCUT2D eigenvalue weighted by Crippen LogP contribution is -2.31. The Morgan fingerprint density at radius 2 is 1.82 bits per heavy atom. The third-order valence-electron chi connectivity index (χ3n) is 5.87. The van der Waals surface area contributed by atoms with Crippen LogP contribution in [0.2, 0.25) is 0 Å². The Kier molecular flexibility index (Phi) is 6.33. The number of aromatic hydroxyl groups is 1. The van der Waals surface area contributed by atoms with Crippen molar-refractivity contribution in [3.05, 3.63) is 71.4 Å². The van der Waals surface area contributed by atoms with Gasteiger partial charge in [0.15, 0.2) is 11.5 Å². The molecule has 0 radical (unpaired) electrons. The summed E-state index contributed by atoms with van der Waals surface area (Å²) in [7, 11) is 0. The first-order chi connectivity index (χ1) is 15.7. The maximum absolute atomic E-state index is 14.5. The summed E-state index contributed by atoms with van der Waals surface area (Å²) in [6.07, 6.45) is 5.65. The van der Waals surface area contributed by atoms with Crippen molar-refractivity contribution in [2.24, 2.45) is 11.7 Å². The second-order valence-electron chi connectivity index (χ2n) is 8.50. The van der Waals surface area contributed by atoms with E-state index in [-0.39, 0.29) is 17.7 Å². The van der Waals surface area contributed by atoms with Gasteiger partial charge in [-0.15, -0.1) is 0 Å². The summed E-state index contributed by atoms with van der Waals surface area (Å²) >= 11 is 0. The molecule has 9 heteroatoms. The smallest absolute Gasteiger partial charge is 0.277 e. The summed E-state index contributed by atoms with van der Waals surface area (Å²) in [6.45, 7) is 2.12. The molecule has 2 heterocycles. The van der Waals surface area contributed by atoms with Crippen LogP contribution in [0.3, 0.4) is 0 Å². The molecule has 3 atom stereocenters. The van der Waals surface area contributed by atoms with Crippen LogP contribution in [0.5, 0.6) is 5.75 Å². The Hall–Kier alpha value is -3.46. The van der Waals surface area contributed by atoms with E-state index in [1.165, 1.54) is 6.20 Å². The number of nitrogens with zero attached hydrogens (tertiary/aromatic N) is 2. The summed E-state index contributed by atoms with van der Waals surface area (Å²) in [5.41, 5.74) is 5.95. The van der Waals surface area contributed by atoms with Crippen LogP contribution in [0.4, 0.5) is 18.9 Å². The summed E-state index contributed by atoms with van der Waals surface area (Å²) in [4.78, 5) is 20.8. The summed E-state index contributed by atoms with van der Waals surface area (Å²) in [5.74, 6) is -4.08. The number of hydrogen-bond acceptors (Lipinski definition) is 5. The van der Waals surface area contributed by atoms with Crippen LogP contribution >= 0.6 is 0 Å². The minimum atomic E-state index is -1.09. The van der Waals surface area contributed by atoms with Gasteiger partial charge in [0.2, 0.25) is 0 Å². The quantitative estimate of drug-likeness (QED) is 0.526. The Balaban J connectivity index is 1.65. The molecule has 1 fully saturated rings. The number of halogens is 3. The van der Waals surface area contributed by atoms with Gasteiger partial charge in [0.05, 0.1) is 23.1 Å². The molecule has 4 N–H and O–H groups in total. The molecule has 0 unspecified atom stereocenters. The number of rotatable bonds is 4. The highest BCUT2D eigenvalue weighted by Gasteiger charge is 2.28. The van der Waals surface area contributed by atoms with E-state index >= 15 is 0 Å². The monoisotopic (exact) mass is 456 g/mol. The van der Waals surface area contributed by atoms with Gasteiger partial charge in [-0.2, -0.15) is 0 Å². The average Bonchev–Trinajstić information content (AvgIpc) is 2.73. The Bertz CT molecular complexity index is 1170. The van der Waals surface area contributed by atoms with Crippen LogP contribution in [-0.4, -0.2) is 27.0 Å². The van der Waals surface area contributed by atoms with E-state index in [0.717, 1.165) is 37.0 Å². The fraction of sp³-hybridized carbons (Fsp3) is 0.292. The number of carbonyl (C=O) groups excluding carboxylic acids is 1.